The molecule has 1 aliphatic heterocycles. The van der Waals surface area contributed by atoms with Crippen LogP contribution in [-0.2, 0) is 0 Å². The summed E-state index contributed by atoms with van der Waals surface area (Å²) < 4.78 is 0. The zero-order valence-electron chi connectivity index (χ0n) is 10.7. The molecule has 1 aromatic carbocycles. The number of carboxylic acids is 1. The number of aromatic carboxylic acids is 1. The van der Waals surface area contributed by atoms with Crippen LogP contribution in [0.3, 0.4) is 0 Å². The van der Waals surface area contributed by atoms with Crippen molar-refractivity contribution < 1.29 is 14.7 Å². The number of hydrogen-bond donors (Lipinski definition) is 3. The molecule has 1 aromatic rings. The molecule has 0 aromatic heterocycles. The van der Waals surface area contributed by atoms with Crippen molar-refractivity contribution in [2.75, 3.05) is 16.8 Å². The van der Waals surface area contributed by atoms with Gasteiger partial charge in [-0.1, -0.05) is 11.6 Å². The largest absolute Gasteiger partial charge is 0.478 e. The molecular weight excluding hydrogens is 300 g/mol. The Morgan fingerprint density at radius 1 is 1.35 bits per heavy atom. The van der Waals surface area contributed by atoms with E-state index in [0.29, 0.717) is 5.69 Å². The van der Waals surface area contributed by atoms with Crippen LogP contribution in [0.5, 0.6) is 0 Å². The van der Waals surface area contributed by atoms with Crippen molar-refractivity contribution in [1.29, 1.82) is 0 Å². The predicted molar refractivity (Wildman–Crippen MR) is 80.9 cm³/mol. The highest BCUT2D eigenvalue weighted by Gasteiger charge is 2.16. The molecule has 2 amide bonds. The lowest BCUT2D eigenvalue weighted by molar-refractivity contribution is 0.0697. The summed E-state index contributed by atoms with van der Waals surface area (Å²) in [5.74, 6) is 0.957. The number of thioether (sulfide) groups is 1. The minimum absolute atomic E-state index is 0.0426. The van der Waals surface area contributed by atoms with E-state index in [-0.39, 0.29) is 22.7 Å². The van der Waals surface area contributed by atoms with E-state index in [1.807, 2.05) is 11.8 Å². The van der Waals surface area contributed by atoms with Gasteiger partial charge in [-0.2, -0.15) is 11.8 Å². The lowest BCUT2D eigenvalue weighted by Crippen LogP contribution is -2.40. The second-order valence-electron chi connectivity index (χ2n) is 4.55. The van der Waals surface area contributed by atoms with Crippen molar-refractivity contribution >= 4 is 41.1 Å². The van der Waals surface area contributed by atoms with Crippen LogP contribution in [0.4, 0.5) is 10.5 Å². The Hall–Kier alpha value is -1.40. The lowest BCUT2D eigenvalue weighted by Gasteiger charge is -2.22. The topological polar surface area (TPSA) is 78.4 Å². The Bertz CT molecular complexity index is 518. The fourth-order valence-electron chi connectivity index (χ4n) is 1.99. The fourth-order valence-corrected chi connectivity index (χ4v) is 3.30. The highest BCUT2D eigenvalue weighted by molar-refractivity contribution is 7.99. The van der Waals surface area contributed by atoms with E-state index >= 15 is 0 Å². The van der Waals surface area contributed by atoms with Crippen LogP contribution in [0, 0.1) is 0 Å². The lowest BCUT2D eigenvalue weighted by atomic mass is 10.2. The van der Waals surface area contributed by atoms with Crippen molar-refractivity contribution in [3.05, 3.63) is 28.8 Å². The Balaban J connectivity index is 1.98. The van der Waals surface area contributed by atoms with E-state index in [0.717, 1.165) is 24.3 Å². The molecular formula is C13H15ClN2O3S. The number of benzene rings is 1. The molecule has 0 spiro atoms. The van der Waals surface area contributed by atoms with Crippen molar-refractivity contribution in [3.63, 3.8) is 0 Å². The van der Waals surface area contributed by atoms with Gasteiger partial charge in [-0.3, -0.25) is 0 Å². The standard InChI is InChI=1S/C13H15ClN2O3S/c14-9-4-8(12(17)18)5-11(6-9)16-13(19)15-10-2-1-3-20-7-10/h4-6,10H,1-3,7H2,(H,17,18)(H2,15,16,19). The first kappa shape index (κ1) is 15.0. The van der Waals surface area contributed by atoms with E-state index in [4.69, 9.17) is 16.7 Å². The van der Waals surface area contributed by atoms with Crippen molar-refractivity contribution in [3.8, 4) is 0 Å². The predicted octanol–water partition coefficient (Wildman–Crippen LogP) is 3.06. The van der Waals surface area contributed by atoms with E-state index in [9.17, 15) is 9.59 Å². The number of rotatable bonds is 3. The first-order valence-corrected chi connectivity index (χ1v) is 7.77. The van der Waals surface area contributed by atoms with Crippen molar-refractivity contribution in [2.45, 2.75) is 18.9 Å². The molecule has 0 saturated carbocycles. The van der Waals surface area contributed by atoms with Gasteiger partial charge in [0.15, 0.2) is 0 Å². The zero-order valence-corrected chi connectivity index (χ0v) is 12.3. The summed E-state index contributed by atoms with van der Waals surface area (Å²) in [6.45, 7) is 0. The van der Waals surface area contributed by atoms with E-state index in [1.54, 1.807) is 0 Å². The van der Waals surface area contributed by atoms with Gasteiger partial charge in [0.1, 0.15) is 0 Å². The van der Waals surface area contributed by atoms with E-state index in [2.05, 4.69) is 10.6 Å². The molecule has 108 valence electrons. The number of halogens is 1. The molecule has 1 heterocycles. The smallest absolute Gasteiger partial charge is 0.335 e. The molecule has 0 aliphatic carbocycles. The van der Waals surface area contributed by atoms with E-state index in [1.165, 1.54) is 18.2 Å². The summed E-state index contributed by atoms with van der Waals surface area (Å²) >= 11 is 7.65. The number of carbonyl (C=O) groups excluding carboxylic acids is 1. The molecule has 1 atom stereocenters. The SMILES string of the molecule is O=C(Nc1cc(Cl)cc(C(=O)O)c1)NC1CCCSC1. The van der Waals surface area contributed by atoms with Gasteiger partial charge in [0, 0.05) is 22.5 Å². The molecule has 7 heteroatoms. The van der Waals surface area contributed by atoms with Crippen LogP contribution in [0.15, 0.2) is 18.2 Å². The number of anilines is 1. The molecule has 0 bridgehead atoms. The number of carboxylic acid groups (broad SMARTS) is 1. The number of amides is 2. The number of urea groups is 1. The second kappa shape index (κ2) is 6.85. The summed E-state index contributed by atoms with van der Waals surface area (Å²) in [4.78, 5) is 22.8. The maximum atomic E-state index is 11.9. The van der Waals surface area contributed by atoms with Gasteiger partial charge in [0.2, 0.25) is 0 Å². The van der Waals surface area contributed by atoms with E-state index < -0.39 is 5.97 Å². The summed E-state index contributed by atoms with van der Waals surface area (Å²) in [5.41, 5.74) is 0.414. The zero-order chi connectivity index (χ0) is 14.5. The first-order valence-electron chi connectivity index (χ1n) is 6.24. The molecule has 1 saturated heterocycles. The summed E-state index contributed by atoms with van der Waals surface area (Å²) in [7, 11) is 0. The molecule has 5 nitrogen and oxygen atoms in total. The third-order valence-electron chi connectivity index (χ3n) is 2.90. The maximum Gasteiger partial charge on any atom is 0.335 e. The van der Waals surface area contributed by atoms with Crippen LogP contribution in [0.2, 0.25) is 5.02 Å². The van der Waals surface area contributed by atoms with Gasteiger partial charge in [-0.05, 0) is 36.8 Å². The summed E-state index contributed by atoms with van der Waals surface area (Å²) in [6, 6.07) is 4.06. The molecule has 0 radical (unpaired) electrons. The average Bonchev–Trinajstić information content (AvgIpc) is 2.38. The highest BCUT2D eigenvalue weighted by Crippen LogP contribution is 2.20. The van der Waals surface area contributed by atoms with Crippen molar-refractivity contribution in [1.82, 2.24) is 5.32 Å². The van der Waals surface area contributed by atoms with Crippen molar-refractivity contribution in [2.24, 2.45) is 0 Å². The van der Waals surface area contributed by atoms with Gasteiger partial charge in [0.05, 0.1) is 5.56 Å². The van der Waals surface area contributed by atoms with Gasteiger partial charge >= 0.3 is 12.0 Å². The van der Waals surface area contributed by atoms with Crippen LogP contribution in [-0.4, -0.2) is 34.7 Å². The second-order valence-corrected chi connectivity index (χ2v) is 6.13. The van der Waals surface area contributed by atoms with Gasteiger partial charge in [-0.25, -0.2) is 9.59 Å². The van der Waals surface area contributed by atoms with Gasteiger partial charge in [-0.15, -0.1) is 0 Å². The molecule has 1 aliphatic rings. The molecule has 1 fully saturated rings. The molecule has 3 N–H and O–H groups in total. The fraction of sp³-hybridized carbons (Fsp3) is 0.385. The average molecular weight is 315 g/mol. The van der Waals surface area contributed by atoms with Gasteiger partial charge < -0.3 is 15.7 Å². The summed E-state index contributed by atoms with van der Waals surface area (Å²) in [5, 5.41) is 14.7. The van der Waals surface area contributed by atoms with Crippen LogP contribution in [0.1, 0.15) is 23.2 Å². The number of nitrogens with one attached hydrogen (secondary N) is 2. The minimum atomic E-state index is -1.08. The van der Waals surface area contributed by atoms with Crippen LogP contribution in [0.25, 0.3) is 0 Å². The third-order valence-corrected chi connectivity index (χ3v) is 4.33. The maximum absolute atomic E-state index is 11.9. The van der Waals surface area contributed by atoms with Crippen LogP contribution >= 0.6 is 23.4 Å². The quantitative estimate of drug-likeness (QED) is 0.801. The highest BCUT2D eigenvalue weighted by atomic mass is 35.5. The monoisotopic (exact) mass is 314 g/mol. The molecule has 1 unspecified atom stereocenters. The molecule has 20 heavy (non-hydrogen) atoms. The Labute approximate surface area is 126 Å². The number of carbonyl (C=O) groups is 2. The number of hydrogen-bond acceptors (Lipinski definition) is 3. The van der Waals surface area contributed by atoms with Gasteiger partial charge in [0.25, 0.3) is 0 Å². The Kier molecular flexibility index (Phi) is 5.14. The third kappa shape index (κ3) is 4.31. The van der Waals surface area contributed by atoms with Crippen LogP contribution < -0.4 is 10.6 Å². The molecule has 2 rings (SSSR count). The Morgan fingerprint density at radius 2 is 2.15 bits per heavy atom. The normalized spacial score (nSPS) is 18.4. The first-order chi connectivity index (χ1) is 9.54. The minimum Gasteiger partial charge on any atom is -0.478 e. The Morgan fingerprint density at radius 3 is 2.80 bits per heavy atom. The summed E-state index contributed by atoms with van der Waals surface area (Å²) in [6.07, 6.45) is 2.06.